The van der Waals surface area contributed by atoms with Crippen molar-refractivity contribution in [3.8, 4) is 5.75 Å². The molecule has 0 radical (unpaired) electrons. The number of hydrogen-bond acceptors (Lipinski definition) is 3. The summed E-state index contributed by atoms with van der Waals surface area (Å²) >= 11 is 0. The van der Waals surface area contributed by atoms with E-state index in [1.165, 1.54) is 0 Å². The van der Waals surface area contributed by atoms with Gasteiger partial charge in [-0.15, -0.1) is 0 Å². The highest BCUT2D eigenvalue weighted by molar-refractivity contribution is 5.40. The van der Waals surface area contributed by atoms with Gasteiger partial charge < -0.3 is 4.74 Å². The molecule has 0 aliphatic carbocycles. The Morgan fingerprint density at radius 3 is 2.79 bits per heavy atom. The summed E-state index contributed by atoms with van der Waals surface area (Å²) in [5, 5.41) is 0. The van der Waals surface area contributed by atoms with Crippen LogP contribution in [0.2, 0.25) is 0 Å². The first-order chi connectivity index (χ1) is 6.76. The Bertz CT molecular complexity index is 362. The van der Waals surface area contributed by atoms with E-state index >= 15 is 0 Å². The van der Waals surface area contributed by atoms with E-state index in [1.54, 1.807) is 13.3 Å². The lowest BCUT2D eigenvalue weighted by atomic mass is 9.95. The predicted molar refractivity (Wildman–Crippen MR) is 53.7 cm³/mol. The molecule has 0 fully saturated rings. The van der Waals surface area contributed by atoms with E-state index in [1.807, 2.05) is 37.3 Å². The average Bonchev–Trinajstić information content (AvgIpc) is 2.66. The van der Waals surface area contributed by atoms with Crippen LogP contribution in [0.1, 0.15) is 12.5 Å². The van der Waals surface area contributed by atoms with Gasteiger partial charge in [-0.3, -0.25) is 10.3 Å². The first-order valence-corrected chi connectivity index (χ1v) is 4.51. The predicted octanol–water partition coefficient (Wildman–Crippen LogP) is 1.96. The summed E-state index contributed by atoms with van der Waals surface area (Å²) < 4.78 is 5.28. The number of methoxy groups -OCH3 is 1. The van der Waals surface area contributed by atoms with Crippen LogP contribution in [0, 0.1) is 0 Å². The largest absolute Gasteiger partial charge is 0.496 e. The highest BCUT2D eigenvalue weighted by Crippen LogP contribution is 2.34. The van der Waals surface area contributed by atoms with Crippen molar-refractivity contribution in [2.24, 2.45) is 0 Å². The molecule has 1 atom stereocenters. The van der Waals surface area contributed by atoms with Crippen LogP contribution in [-0.2, 0) is 10.4 Å². The van der Waals surface area contributed by atoms with Crippen LogP contribution in [0.15, 0.2) is 36.5 Å². The summed E-state index contributed by atoms with van der Waals surface area (Å²) in [6.07, 6.45) is 3.75. The maximum Gasteiger partial charge on any atom is 0.141 e. The average molecular weight is 191 g/mol. The van der Waals surface area contributed by atoms with Crippen molar-refractivity contribution in [3.63, 3.8) is 0 Å². The van der Waals surface area contributed by atoms with Gasteiger partial charge in [0.2, 0.25) is 0 Å². The molecule has 14 heavy (non-hydrogen) atoms. The molecule has 1 aromatic carbocycles. The Balaban J connectivity index is 2.44. The van der Waals surface area contributed by atoms with E-state index in [0.717, 1.165) is 11.3 Å². The van der Waals surface area contributed by atoms with Crippen LogP contribution in [-0.4, -0.2) is 7.11 Å². The van der Waals surface area contributed by atoms with Crippen LogP contribution in [0.5, 0.6) is 5.75 Å². The van der Waals surface area contributed by atoms with Gasteiger partial charge in [0.15, 0.2) is 0 Å². The topological polar surface area (TPSA) is 30.5 Å². The fourth-order valence-electron chi connectivity index (χ4n) is 1.58. The molecule has 0 amide bonds. The summed E-state index contributed by atoms with van der Waals surface area (Å²) in [6.45, 7) is 1.99. The smallest absolute Gasteiger partial charge is 0.141 e. The summed E-state index contributed by atoms with van der Waals surface area (Å²) in [5.41, 5.74) is 3.31. The molecule has 1 aliphatic heterocycles. The van der Waals surface area contributed by atoms with Crippen molar-refractivity contribution in [1.82, 2.24) is 5.48 Å². The number of nitrogens with one attached hydrogen (secondary N) is 1. The fourth-order valence-corrected chi connectivity index (χ4v) is 1.58. The van der Waals surface area contributed by atoms with Crippen molar-refractivity contribution in [2.75, 3.05) is 7.11 Å². The monoisotopic (exact) mass is 191 g/mol. The molecule has 3 nitrogen and oxygen atoms in total. The van der Waals surface area contributed by atoms with Gasteiger partial charge >= 0.3 is 0 Å². The Labute approximate surface area is 83.3 Å². The van der Waals surface area contributed by atoms with Crippen molar-refractivity contribution < 1.29 is 9.57 Å². The van der Waals surface area contributed by atoms with Crippen LogP contribution in [0.25, 0.3) is 0 Å². The minimum atomic E-state index is -0.438. The van der Waals surface area contributed by atoms with Gasteiger partial charge in [-0.25, -0.2) is 0 Å². The molecule has 0 bridgehead atoms. The van der Waals surface area contributed by atoms with Crippen LogP contribution < -0.4 is 10.2 Å². The standard InChI is InChI=1S/C11H13NO2/c1-11(7-8-12-14-11)9-5-3-4-6-10(9)13-2/h3-8,12H,1-2H3. The van der Waals surface area contributed by atoms with Crippen molar-refractivity contribution in [3.05, 3.63) is 42.1 Å². The van der Waals surface area contributed by atoms with E-state index in [9.17, 15) is 0 Å². The third-order valence-corrected chi connectivity index (χ3v) is 2.38. The molecule has 0 spiro atoms. The third kappa shape index (κ3) is 1.36. The maximum atomic E-state index is 5.43. The van der Waals surface area contributed by atoms with E-state index in [2.05, 4.69) is 5.48 Å². The molecular formula is C11H13NO2. The highest BCUT2D eigenvalue weighted by Gasteiger charge is 2.31. The summed E-state index contributed by atoms with van der Waals surface area (Å²) in [4.78, 5) is 5.43. The molecule has 1 N–H and O–H groups in total. The fraction of sp³-hybridized carbons (Fsp3) is 0.273. The SMILES string of the molecule is COc1ccccc1C1(C)C=CNO1. The highest BCUT2D eigenvalue weighted by atomic mass is 16.7. The van der Waals surface area contributed by atoms with Crippen LogP contribution in [0.3, 0.4) is 0 Å². The number of rotatable bonds is 2. The van der Waals surface area contributed by atoms with Crippen molar-refractivity contribution in [2.45, 2.75) is 12.5 Å². The summed E-state index contributed by atoms with van der Waals surface area (Å²) in [6, 6.07) is 7.84. The van der Waals surface area contributed by atoms with Gasteiger partial charge in [0.05, 0.1) is 7.11 Å². The molecule has 0 saturated heterocycles. The van der Waals surface area contributed by atoms with Gasteiger partial charge in [-0.1, -0.05) is 18.2 Å². The quantitative estimate of drug-likeness (QED) is 0.775. The van der Waals surface area contributed by atoms with Crippen molar-refractivity contribution in [1.29, 1.82) is 0 Å². The van der Waals surface area contributed by atoms with Gasteiger partial charge in [-0.2, -0.15) is 0 Å². The Morgan fingerprint density at radius 1 is 1.36 bits per heavy atom. The van der Waals surface area contributed by atoms with Crippen LogP contribution >= 0.6 is 0 Å². The first-order valence-electron chi connectivity index (χ1n) is 4.51. The Hall–Kier alpha value is -1.48. The zero-order valence-corrected chi connectivity index (χ0v) is 8.28. The second-order valence-corrected chi connectivity index (χ2v) is 3.36. The second kappa shape index (κ2) is 3.35. The number of ether oxygens (including phenoxy) is 1. The zero-order valence-electron chi connectivity index (χ0n) is 8.28. The molecular weight excluding hydrogens is 178 g/mol. The lowest BCUT2D eigenvalue weighted by Gasteiger charge is -2.22. The number of para-hydroxylation sites is 1. The normalized spacial score (nSPS) is 24.7. The molecule has 1 aromatic rings. The lowest BCUT2D eigenvalue weighted by Crippen LogP contribution is -2.23. The number of hydrogen-bond donors (Lipinski definition) is 1. The molecule has 74 valence electrons. The number of hydroxylamine groups is 1. The van der Waals surface area contributed by atoms with Gasteiger partial charge in [0.1, 0.15) is 11.4 Å². The molecule has 3 heteroatoms. The molecule has 1 aliphatic rings. The molecule has 1 unspecified atom stereocenters. The Morgan fingerprint density at radius 2 is 2.14 bits per heavy atom. The number of benzene rings is 1. The molecule has 0 saturated carbocycles. The van der Waals surface area contributed by atoms with E-state index in [4.69, 9.17) is 9.57 Å². The van der Waals surface area contributed by atoms with E-state index < -0.39 is 5.60 Å². The third-order valence-electron chi connectivity index (χ3n) is 2.38. The van der Waals surface area contributed by atoms with E-state index in [-0.39, 0.29) is 0 Å². The van der Waals surface area contributed by atoms with Gasteiger partial charge in [-0.05, 0) is 19.1 Å². The minimum Gasteiger partial charge on any atom is -0.496 e. The summed E-state index contributed by atoms with van der Waals surface area (Å²) in [5.74, 6) is 0.836. The second-order valence-electron chi connectivity index (χ2n) is 3.36. The van der Waals surface area contributed by atoms with Gasteiger partial charge in [0.25, 0.3) is 0 Å². The maximum absolute atomic E-state index is 5.43. The van der Waals surface area contributed by atoms with Crippen molar-refractivity contribution >= 4 is 0 Å². The summed E-state index contributed by atoms with van der Waals surface area (Å²) in [7, 11) is 1.66. The van der Waals surface area contributed by atoms with E-state index in [0.29, 0.717) is 0 Å². The molecule has 2 rings (SSSR count). The molecule has 1 heterocycles. The first kappa shape index (κ1) is 9.09. The Kier molecular flexibility index (Phi) is 2.17. The lowest BCUT2D eigenvalue weighted by molar-refractivity contribution is -0.0292. The van der Waals surface area contributed by atoms with Crippen LogP contribution in [0.4, 0.5) is 0 Å². The van der Waals surface area contributed by atoms with Gasteiger partial charge in [0, 0.05) is 11.8 Å². The minimum absolute atomic E-state index is 0.438. The zero-order chi connectivity index (χ0) is 10.0. The molecule has 0 aromatic heterocycles.